The summed E-state index contributed by atoms with van der Waals surface area (Å²) in [5.41, 5.74) is 0.931. The first-order valence-electron chi connectivity index (χ1n) is 5.67. The Hall–Kier alpha value is -2.08. The summed E-state index contributed by atoms with van der Waals surface area (Å²) < 4.78 is 0. The lowest BCUT2D eigenvalue weighted by molar-refractivity contribution is -0.113. The first-order valence-corrected chi connectivity index (χ1v) is 6.82. The van der Waals surface area contributed by atoms with E-state index in [0.29, 0.717) is 5.75 Å². The number of nitrogens with zero attached hydrogens (tertiary/aromatic N) is 2. The molecule has 0 saturated heterocycles. The second-order valence-corrected chi connectivity index (χ2v) is 4.72. The largest absolute Gasteiger partial charge is 0.504 e. The van der Waals surface area contributed by atoms with E-state index in [1.165, 1.54) is 24.0 Å². The minimum Gasteiger partial charge on any atom is -0.504 e. The van der Waals surface area contributed by atoms with E-state index < -0.39 is 0 Å². The molecule has 0 aliphatic heterocycles. The summed E-state index contributed by atoms with van der Waals surface area (Å²) in [4.78, 5) is 19.7. The standard InChI is InChI=1S/C13H13N3O2S/c17-11-5-3-7-15-13(11)16-12(18)9-19-8-10-4-1-2-6-14-10/h1-7,17H,8-9H2,(H,15,16,18). The van der Waals surface area contributed by atoms with E-state index >= 15 is 0 Å². The van der Waals surface area contributed by atoms with Gasteiger partial charge in [-0.3, -0.25) is 9.78 Å². The second kappa shape index (κ2) is 6.75. The normalized spacial score (nSPS) is 10.1. The fourth-order valence-electron chi connectivity index (χ4n) is 1.39. The Kier molecular flexibility index (Phi) is 4.74. The summed E-state index contributed by atoms with van der Waals surface area (Å²) in [5, 5.41) is 12.0. The molecule has 0 saturated carbocycles. The third-order valence-electron chi connectivity index (χ3n) is 2.25. The second-order valence-electron chi connectivity index (χ2n) is 3.73. The van der Waals surface area contributed by atoms with Crippen molar-refractivity contribution in [1.29, 1.82) is 0 Å². The average Bonchev–Trinajstić information content (AvgIpc) is 2.43. The van der Waals surface area contributed by atoms with Crippen LogP contribution in [0.2, 0.25) is 0 Å². The summed E-state index contributed by atoms with van der Waals surface area (Å²) in [6.45, 7) is 0. The van der Waals surface area contributed by atoms with Gasteiger partial charge in [-0.2, -0.15) is 0 Å². The first kappa shape index (κ1) is 13.4. The maximum atomic E-state index is 11.7. The maximum absolute atomic E-state index is 11.7. The molecule has 2 aromatic rings. The molecule has 0 aliphatic rings. The molecule has 2 heterocycles. The van der Waals surface area contributed by atoms with E-state index in [4.69, 9.17) is 0 Å². The van der Waals surface area contributed by atoms with Crippen LogP contribution >= 0.6 is 11.8 Å². The lowest BCUT2D eigenvalue weighted by Gasteiger charge is -2.05. The smallest absolute Gasteiger partial charge is 0.235 e. The Morgan fingerprint density at radius 3 is 2.79 bits per heavy atom. The molecule has 2 N–H and O–H groups in total. The van der Waals surface area contributed by atoms with Crippen LogP contribution in [0, 0.1) is 0 Å². The molecule has 0 fully saturated rings. The van der Waals surface area contributed by atoms with Crippen molar-refractivity contribution in [2.75, 3.05) is 11.1 Å². The average molecular weight is 275 g/mol. The molecule has 1 amide bonds. The number of thioether (sulfide) groups is 1. The fourth-order valence-corrected chi connectivity index (χ4v) is 2.13. The molecular formula is C13H13N3O2S. The predicted molar refractivity (Wildman–Crippen MR) is 74.9 cm³/mol. The molecular weight excluding hydrogens is 262 g/mol. The number of carbonyl (C=O) groups excluding carboxylic acids is 1. The Morgan fingerprint density at radius 2 is 2.05 bits per heavy atom. The number of amides is 1. The molecule has 0 aliphatic carbocycles. The van der Waals surface area contributed by atoms with Crippen LogP contribution in [0.4, 0.5) is 5.82 Å². The zero-order valence-electron chi connectivity index (χ0n) is 10.1. The molecule has 5 nitrogen and oxygen atoms in total. The number of hydrogen-bond acceptors (Lipinski definition) is 5. The topological polar surface area (TPSA) is 75.1 Å². The molecule has 0 unspecified atom stereocenters. The molecule has 6 heteroatoms. The quantitative estimate of drug-likeness (QED) is 0.873. The van der Waals surface area contributed by atoms with Crippen LogP contribution in [-0.2, 0) is 10.5 Å². The van der Waals surface area contributed by atoms with E-state index in [9.17, 15) is 9.90 Å². The van der Waals surface area contributed by atoms with E-state index in [-0.39, 0.29) is 23.2 Å². The molecule has 2 rings (SSSR count). The first-order chi connectivity index (χ1) is 9.25. The molecule has 0 radical (unpaired) electrons. The van der Waals surface area contributed by atoms with Gasteiger partial charge < -0.3 is 10.4 Å². The van der Waals surface area contributed by atoms with Gasteiger partial charge in [0.05, 0.1) is 11.4 Å². The zero-order chi connectivity index (χ0) is 13.5. The van der Waals surface area contributed by atoms with Crippen LogP contribution in [0.1, 0.15) is 5.69 Å². The molecule has 2 aromatic heterocycles. The maximum Gasteiger partial charge on any atom is 0.235 e. The van der Waals surface area contributed by atoms with Crippen molar-refractivity contribution in [3.63, 3.8) is 0 Å². The van der Waals surface area contributed by atoms with Crippen molar-refractivity contribution in [1.82, 2.24) is 9.97 Å². The number of carbonyl (C=O) groups is 1. The van der Waals surface area contributed by atoms with Gasteiger partial charge >= 0.3 is 0 Å². The third kappa shape index (κ3) is 4.26. The summed E-state index contributed by atoms with van der Waals surface area (Å²) in [5.74, 6) is 0.904. The summed E-state index contributed by atoms with van der Waals surface area (Å²) >= 11 is 1.46. The molecule has 0 aromatic carbocycles. The Bertz CT molecular complexity index is 549. The van der Waals surface area contributed by atoms with Crippen LogP contribution in [0.25, 0.3) is 0 Å². The molecule has 0 bridgehead atoms. The van der Waals surface area contributed by atoms with Gasteiger partial charge in [0.1, 0.15) is 0 Å². The highest BCUT2D eigenvalue weighted by Crippen LogP contribution is 2.18. The lowest BCUT2D eigenvalue weighted by atomic mass is 10.4. The van der Waals surface area contributed by atoms with Crippen LogP contribution in [0.5, 0.6) is 5.75 Å². The van der Waals surface area contributed by atoms with Crippen molar-refractivity contribution < 1.29 is 9.90 Å². The van der Waals surface area contributed by atoms with Crippen molar-refractivity contribution in [3.8, 4) is 5.75 Å². The minimum absolute atomic E-state index is 0.0365. The molecule has 0 atom stereocenters. The minimum atomic E-state index is -0.199. The van der Waals surface area contributed by atoms with Crippen LogP contribution in [0.3, 0.4) is 0 Å². The van der Waals surface area contributed by atoms with E-state index in [1.54, 1.807) is 12.3 Å². The van der Waals surface area contributed by atoms with Crippen molar-refractivity contribution >= 4 is 23.5 Å². The highest BCUT2D eigenvalue weighted by molar-refractivity contribution is 7.99. The zero-order valence-corrected chi connectivity index (χ0v) is 10.9. The number of hydrogen-bond donors (Lipinski definition) is 2. The van der Waals surface area contributed by atoms with E-state index in [2.05, 4.69) is 15.3 Å². The van der Waals surface area contributed by atoms with Gasteiger partial charge in [0.15, 0.2) is 11.6 Å². The Balaban J connectivity index is 1.78. The molecule has 0 spiro atoms. The molecule has 19 heavy (non-hydrogen) atoms. The van der Waals surface area contributed by atoms with Gasteiger partial charge in [0.2, 0.25) is 5.91 Å². The van der Waals surface area contributed by atoms with Gasteiger partial charge in [-0.15, -0.1) is 11.8 Å². The lowest BCUT2D eigenvalue weighted by Crippen LogP contribution is -2.15. The summed E-state index contributed by atoms with van der Waals surface area (Å²) in [6, 6.07) is 8.75. The number of anilines is 1. The Morgan fingerprint density at radius 1 is 1.21 bits per heavy atom. The highest BCUT2D eigenvalue weighted by Gasteiger charge is 2.07. The van der Waals surface area contributed by atoms with Gasteiger partial charge in [0.25, 0.3) is 0 Å². The Labute approximate surface area is 115 Å². The van der Waals surface area contributed by atoms with Gasteiger partial charge in [-0.05, 0) is 24.3 Å². The monoisotopic (exact) mass is 275 g/mol. The SMILES string of the molecule is O=C(CSCc1ccccn1)Nc1ncccc1O. The predicted octanol–water partition coefficient (Wildman–Crippen LogP) is 2.05. The van der Waals surface area contributed by atoms with E-state index in [1.807, 2.05) is 18.2 Å². The van der Waals surface area contributed by atoms with Gasteiger partial charge in [0, 0.05) is 18.1 Å². The van der Waals surface area contributed by atoms with Crippen molar-refractivity contribution in [3.05, 3.63) is 48.4 Å². The highest BCUT2D eigenvalue weighted by atomic mass is 32.2. The van der Waals surface area contributed by atoms with Crippen LogP contribution < -0.4 is 5.32 Å². The fraction of sp³-hybridized carbons (Fsp3) is 0.154. The van der Waals surface area contributed by atoms with Crippen LogP contribution in [-0.4, -0.2) is 26.7 Å². The summed E-state index contributed by atoms with van der Waals surface area (Å²) in [7, 11) is 0. The third-order valence-corrected chi connectivity index (χ3v) is 3.22. The van der Waals surface area contributed by atoms with Crippen molar-refractivity contribution in [2.45, 2.75) is 5.75 Å². The van der Waals surface area contributed by atoms with Crippen LogP contribution in [0.15, 0.2) is 42.7 Å². The number of rotatable bonds is 5. The number of aromatic nitrogens is 2. The van der Waals surface area contributed by atoms with Gasteiger partial charge in [-0.1, -0.05) is 6.07 Å². The molecule has 98 valence electrons. The summed E-state index contributed by atoms with van der Waals surface area (Å²) in [6.07, 6.45) is 3.23. The number of pyridine rings is 2. The van der Waals surface area contributed by atoms with Gasteiger partial charge in [-0.25, -0.2) is 4.98 Å². The number of aromatic hydroxyl groups is 1. The van der Waals surface area contributed by atoms with Crippen molar-refractivity contribution in [2.24, 2.45) is 0 Å². The van der Waals surface area contributed by atoms with E-state index in [0.717, 1.165) is 5.69 Å². The number of nitrogens with one attached hydrogen (secondary N) is 1.